The summed E-state index contributed by atoms with van der Waals surface area (Å²) >= 11 is 0. The minimum absolute atomic E-state index is 0.230. The molecule has 0 amide bonds. The first-order chi connectivity index (χ1) is 12.6. The molecule has 0 aliphatic carbocycles. The average molecular weight is 350 g/mol. The molecule has 26 heavy (non-hydrogen) atoms. The van der Waals surface area contributed by atoms with Crippen LogP contribution in [-0.2, 0) is 0 Å². The van der Waals surface area contributed by atoms with Crippen molar-refractivity contribution in [3.63, 3.8) is 0 Å². The lowest BCUT2D eigenvalue weighted by Crippen LogP contribution is -2.13. The Kier molecular flexibility index (Phi) is 4.85. The topological polar surface area (TPSA) is 93.1 Å². The predicted octanol–water partition coefficient (Wildman–Crippen LogP) is 3.54. The Labute approximate surface area is 148 Å². The number of carbonyl (C=O) groups excluding carboxylic acids is 2. The van der Waals surface area contributed by atoms with Gasteiger partial charge in [-0.1, -0.05) is 36.4 Å². The van der Waals surface area contributed by atoms with Gasteiger partial charge in [0, 0.05) is 0 Å². The highest BCUT2D eigenvalue weighted by atomic mass is 16.5. The zero-order valence-electron chi connectivity index (χ0n) is 13.5. The zero-order chi connectivity index (χ0) is 18.5. The molecule has 0 saturated carbocycles. The SMILES string of the molecule is O=C(Oc1ccccc1)c1ccc(O)c(C(=O)Oc2ccccc2)c1O. The number of esters is 2. The van der Waals surface area contributed by atoms with Gasteiger partial charge in [-0.2, -0.15) is 0 Å². The molecule has 0 heterocycles. The van der Waals surface area contributed by atoms with E-state index >= 15 is 0 Å². The summed E-state index contributed by atoms with van der Waals surface area (Å²) in [6.45, 7) is 0. The Hall–Kier alpha value is -3.80. The van der Waals surface area contributed by atoms with E-state index in [0.717, 1.165) is 12.1 Å². The van der Waals surface area contributed by atoms with Gasteiger partial charge in [-0.05, 0) is 36.4 Å². The zero-order valence-corrected chi connectivity index (χ0v) is 13.5. The van der Waals surface area contributed by atoms with Crippen molar-refractivity contribution in [3.05, 3.63) is 83.9 Å². The molecule has 0 saturated heterocycles. The largest absolute Gasteiger partial charge is 0.507 e. The molecule has 0 atom stereocenters. The number of hydrogen-bond donors (Lipinski definition) is 2. The standard InChI is InChI=1S/C20H14O6/c21-16-12-11-15(19(23)25-13-7-3-1-4-8-13)18(22)17(16)20(24)26-14-9-5-2-6-10-14/h1-12,21-22H. The summed E-state index contributed by atoms with van der Waals surface area (Å²) < 4.78 is 10.2. The second-order valence-corrected chi connectivity index (χ2v) is 5.26. The number of rotatable bonds is 4. The lowest BCUT2D eigenvalue weighted by molar-refractivity contribution is 0.0726. The number of ether oxygens (including phenoxy) is 2. The van der Waals surface area contributed by atoms with E-state index in [-0.39, 0.29) is 17.1 Å². The third-order valence-corrected chi connectivity index (χ3v) is 3.49. The van der Waals surface area contributed by atoms with Gasteiger partial charge >= 0.3 is 11.9 Å². The van der Waals surface area contributed by atoms with Crippen LogP contribution in [0.2, 0.25) is 0 Å². The summed E-state index contributed by atoms with van der Waals surface area (Å²) in [5.41, 5.74) is -0.789. The molecule has 3 aromatic rings. The van der Waals surface area contributed by atoms with Gasteiger partial charge in [0.2, 0.25) is 0 Å². The highest BCUT2D eigenvalue weighted by Gasteiger charge is 2.25. The van der Waals surface area contributed by atoms with Crippen LogP contribution >= 0.6 is 0 Å². The molecule has 0 fully saturated rings. The maximum atomic E-state index is 12.3. The van der Waals surface area contributed by atoms with Crippen LogP contribution < -0.4 is 9.47 Å². The van der Waals surface area contributed by atoms with Gasteiger partial charge < -0.3 is 19.7 Å². The third kappa shape index (κ3) is 3.64. The van der Waals surface area contributed by atoms with Crippen molar-refractivity contribution in [2.75, 3.05) is 0 Å². The van der Waals surface area contributed by atoms with E-state index in [2.05, 4.69) is 0 Å². The fourth-order valence-corrected chi connectivity index (χ4v) is 2.24. The molecule has 0 unspecified atom stereocenters. The first-order valence-corrected chi connectivity index (χ1v) is 7.65. The molecule has 6 heteroatoms. The molecule has 130 valence electrons. The molecule has 3 rings (SSSR count). The lowest BCUT2D eigenvalue weighted by Gasteiger charge is -2.11. The normalized spacial score (nSPS) is 10.2. The molecular formula is C20H14O6. The summed E-state index contributed by atoms with van der Waals surface area (Å²) in [5, 5.41) is 20.2. The monoisotopic (exact) mass is 350 g/mol. The van der Waals surface area contributed by atoms with E-state index in [1.54, 1.807) is 60.7 Å². The molecule has 0 bridgehead atoms. The van der Waals surface area contributed by atoms with Crippen LogP contribution in [0.3, 0.4) is 0 Å². The molecule has 0 aromatic heterocycles. The van der Waals surface area contributed by atoms with Crippen LogP contribution in [0.1, 0.15) is 20.7 Å². The summed E-state index contributed by atoms with van der Waals surface area (Å²) in [7, 11) is 0. The maximum Gasteiger partial charge on any atom is 0.351 e. The van der Waals surface area contributed by atoms with E-state index < -0.39 is 29.0 Å². The molecule has 6 nitrogen and oxygen atoms in total. The van der Waals surface area contributed by atoms with E-state index in [0.29, 0.717) is 0 Å². The summed E-state index contributed by atoms with van der Waals surface area (Å²) in [5.74, 6) is -2.60. The van der Waals surface area contributed by atoms with Gasteiger partial charge in [0.25, 0.3) is 0 Å². The van der Waals surface area contributed by atoms with Crippen LogP contribution in [0.4, 0.5) is 0 Å². The van der Waals surface area contributed by atoms with Gasteiger partial charge in [-0.25, -0.2) is 9.59 Å². The van der Waals surface area contributed by atoms with Crippen LogP contribution in [0.5, 0.6) is 23.0 Å². The number of carbonyl (C=O) groups is 2. The van der Waals surface area contributed by atoms with Crippen LogP contribution in [0, 0.1) is 0 Å². The van der Waals surface area contributed by atoms with Crippen molar-refractivity contribution in [1.29, 1.82) is 0 Å². The smallest absolute Gasteiger partial charge is 0.351 e. The molecule has 3 aromatic carbocycles. The van der Waals surface area contributed by atoms with Crippen molar-refractivity contribution in [2.24, 2.45) is 0 Å². The molecule has 0 radical (unpaired) electrons. The van der Waals surface area contributed by atoms with Gasteiger partial charge in [0.15, 0.2) is 0 Å². The summed E-state index contributed by atoms with van der Waals surface area (Å²) in [4.78, 5) is 24.6. The molecule has 0 aliphatic rings. The Balaban J connectivity index is 1.88. The quantitative estimate of drug-likeness (QED) is 0.552. The first kappa shape index (κ1) is 17.0. The molecule has 0 aliphatic heterocycles. The number of phenols is 2. The highest BCUT2D eigenvalue weighted by Crippen LogP contribution is 2.32. The average Bonchev–Trinajstić information content (AvgIpc) is 2.63. The maximum absolute atomic E-state index is 12.3. The minimum atomic E-state index is -0.999. The number of aromatic hydroxyl groups is 2. The van der Waals surface area contributed by atoms with Gasteiger partial charge in [-0.15, -0.1) is 0 Å². The van der Waals surface area contributed by atoms with Crippen molar-refractivity contribution < 1.29 is 29.3 Å². The summed E-state index contributed by atoms with van der Waals surface area (Å²) in [6, 6.07) is 18.7. The van der Waals surface area contributed by atoms with Gasteiger partial charge in [0.05, 0.1) is 0 Å². The van der Waals surface area contributed by atoms with E-state index in [9.17, 15) is 19.8 Å². The number of para-hydroxylation sites is 2. The first-order valence-electron chi connectivity index (χ1n) is 7.65. The number of phenolic OH excluding ortho intramolecular Hbond substituents is 2. The van der Waals surface area contributed by atoms with Gasteiger partial charge in [0.1, 0.15) is 34.1 Å². The Bertz CT molecular complexity index is 935. The van der Waals surface area contributed by atoms with Crippen LogP contribution in [0.15, 0.2) is 72.8 Å². The molecular weight excluding hydrogens is 336 g/mol. The highest BCUT2D eigenvalue weighted by molar-refractivity contribution is 6.03. The Morgan fingerprint density at radius 3 is 1.69 bits per heavy atom. The number of hydrogen-bond acceptors (Lipinski definition) is 6. The second-order valence-electron chi connectivity index (χ2n) is 5.26. The van der Waals surface area contributed by atoms with E-state index in [4.69, 9.17) is 9.47 Å². The fourth-order valence-electron chi connectivity index (χ4n) is 2.24. The van der Waals surface area contributed by atoms with E-state index in [1.165, 1.54) is 0 Å². The molecule has 0 spiro atoms. The van der Waals surface area contributed by atoms with Crippen LogP contribution in [-0.4, -0.2) is 22.2 Å². The molecule has 2 N–H and O–H groups in total. The fraction of sp³-hybridized carbons (Fsp3) is 0. The van der Waals surface area contributed by atoms with Crippen molar-refractivity contribution >= 4 is 11.9 Å². The Morgan fingerprint density at radius 1 is 0.654 bits per heavy atom. The Morgan fingerprint density at radius 2 is 1.15 bits per heavy atom. The second kappa shape index (κ2) is 7.40. The van der Waals surface area contributed by atoms with Crippen molar-refractivity contribution in [3.8, 4) is 23.0 Å². The summed E-state index contributed by atoms with van der Waals surface area (Å²) in [6.07, 6.45) is 0. The van der Waals surface area contributed by atoms with Gasteiger partial charge in [-0.3, -0.25) is 0 Å². The number of benzene rings is 3. The van der Waals surface area contributed by atoms with Crippen LogP contribution in [0.25, 0.3) is 0 Å². The minimum Gasteiger partial charge on any atom is -0.507 e. The van der Waals surface area contributed by atoms with E-state index in [1.807, 2.05) is 0 Å². The van der Waals surface area contributed by atoms with Crippen molar-refractivity contribution in [1.82, 2.24) is 0 Å². The van der Waals surface area contributed by atoms with Crippen molar-refractivity contribution in [2.45, 2.75) is 0 Å². The lowest BCUT2D eigenvalue weighted by atomic mass is 10.1. The predicted molar refractivity (Wildman–Crippen MR) is 92.6 cm³/mol. The third-order valence-electron chi connectivity index (χ3n) is 3.49.